The fourth-order valence-corrected chi connectivity index (χ4v) is 2.04. The topological polar surface area (TPSA) is 20.3 Å². The molecule has 0 aromatic heterocycles. The van der Waals surface area contributed by atoms with Crippen LogP contribution in [0.5, 0.6) is 0 Å². The zero-order chi connectivity index (χ0) is 10.9. The quantitative estimate of drug-likeness (QED) is 0.681. The third kappa shape index (κ3) is 2.10. The van der Waals surface area contributed by atoms with Gasteiger partial charge in [-0.1, -0.05) is 27.2 Å². The average Bonchev–Trinajstić information content (AvgIpc) is 2.48. The van der Waals surface area contributed by atoms with Crippen molar-refractivity contribution < 1.29 is 4.79 Å². The van der Waals surface area contributed by atoms with Crippen LogP contribution >= 0.6 is 0 Å². The van der Waals surface area contributed by atoms with Gasteiger partial charge in [-0.2, -0.15) is 0 Å². The molecule has 82 valence electrons. The largest absolute Gasteiger partial charge is 0.340 e. The first-order valence-corrected chi connectivity index (χ1v) is 5.68. The molecule has 2 nitrogen and oxygen atoms in total. The van der Waals surface area contributed by atoms with Crippen molar-refractivity contribution in [3.05, 3.63) is 0 Å². The summed E-state index contributed by atoms with van der Waals surface area (Å²) in [6.45, 7) is 11.9. The predicted octanol–water partition coefficient (Wildman–Crippen LogP) is 2.68. The summed E-state index contributed by atoms with van der Waals surface area (Å²) < 4.78 is 0. The number of nitrogens with zero attached hydrogens (tertiary/aromatic N) is 1. The second-order valence-corrected chi connectivity index (χ2v) is 5.38. The average molecular weight is 197 g/mol. The molecule has 1 rings (SSSR count). The van der Waals surface area contributed by atoms with Crippen LogP contribution in [-0.2, 0) is 4.79 Å². The van der Waals surface area contributed by atoms with Crippen LogP contribution in [0, 0.1) is 11.3 Å². The van der Waals surface area contributed by atoms with E-state index in [2.05, 4.69) is 34.6 Å². The maximum absolute atomic E-state index is 11.7. The zero-order valence-electron chi connectivity index (χ0n) is 10.1. The third-order valence-corrected chi connectivity index (χ3v) is 3.80. The molecule has 0 radical (unpaired) electrons. The van der Waals surface area contributed by atoms with Gasteiger partial charge in [0.25, 0.3) is 0 Å². The summed E-state index contributed by atoms with van der Waals surface area (Å²) in [6.07, 6.45) is 1.90. The number of likely N-dealkylation sites (tertiary alicyclic amines) is 1. The minimum Gasteiger partial charge on any atom is -0.340 e. The molecule has 2 heteroatoms. The molecule has 0 aromatic carbocycles. The van der Waals surface area contributed by atoms with E-state index >= 15 is 0 Å². The van der Waals surface area contributed by atoms with Gasteiger partial charge in [-0.3, -0.25) is 4.79 Å². The smallest absolute Gasteiger partial charge is 0.223 e. The molecule has 1 amide bonds. The van der Waals surface area contributed by atoms with E-state index in [4.69, 9.17) is 0 Å². The zero-order valence-corrected chi connectivity index (χ0v) is 10.1. The number of hydrogen-bond acceptors (Lipinski definition) is 1. The van der Waals surface area contributed by atoms with Crippen molar-refractivity contribution in [2.45, 2.75) is 53.5 Å². The summed E-state index contributed by atoms with van der Waals surface area (Å²) in [4.78, 5) is 13.7. The number of rotatable bonds is 3. The lowest BCUT2D eigenvalue weighted by molar-refractivity contribution is -0.129. The van der Waals surface area contributed by atoms with Crippen molar-refractivity contribution in [2.24, 2.45) is 11.3 Å². The van der Waals surface area contributed by atoms with Crippen LogP contribution in [0.1, 0.15) is 47.5 Å². The van der Waals surface area contributed by atoms with Crippen LogP contribution in [0.25, 0.3) is 0 Å². The van der Waals surface area contributed by atoms with Crippen LogP contribution in [0.4, 0.5) is 0 Å². The highest BCUT2D eigenvalue weighted by Gasteiger charge is 2.38. The molecule has 0 N–H and O–H groups in total. The Kier molecular flexibility index (Phi) is 3.23. The summed E-state index contributed by atoms with van der Waals surface area (Å²) >= 11 is 0. The molecular formula is C12H23NO. The molecule has 1 unspecified atom stereocenters. The van der Waals surface area contributed by atoms with Crippen LogP contribution in [0.15, 0.2) is 0 Å². The fraction of sp³-hybridized carbons (Fsp3) is 0.917. The number of hydrogen-bond donors (Lipinski definition) is 0. The lowest BCUT2D eigenvalue weighted by Gasteiger charge is -2.30. The first kappa shape index (κ1) is 11.5. The van der Waals surface area contributed by atoms with Crippen LogP contribution in [0.3, 0.4) is 0 Å². The number of amides is 1. The summed E-state index contributed by atoms with van der Waals surface area (Å²) in [5, 5.41) is 0. The molecule has 0 bridgehead atoms. The Hall–Kier alpha value is -0.530. The monoisotopic (exact) mass is 197 g/mol. The summed E-state index contributed by atoms with van der Waals surface area (Å²) in [5.41, 5.74) is 0.305. The fourth-order valence-electron chi connectivity index (χ4n) is 2.04. The molecule has 1 aliphatic rings. The lowest BCUT2D eigenvalue weighted by Crippen LogP contribution is -2.33. The van der Waals surface area contributed by atoms with Crippen molar-refractivity contribution >= 4 is 5.91 Å². The first-order valence-electron chi connectivity index (χ1n) is 5.68. The molecule has 14 heavy (non-hydrogen) atoms. The predicted molar refractivity (Wildman–Crippen MR) is 59.0 cm³/mol. The van der Waals surface area contributed by atoms with E-state index in [0.717, 1.165) is 19.4 Å². The Balaban J connectivity index is 2.68. The van der Waals surface area contributed by atoms with E-state index < -0.39 is 0 Å². The lowest BCUT2D eigenvalue weighted by atomic mass is 9.76. The van der Waals surface area contributed by atoms with Crippen molar-refractivity contribution in [3.63, 3.8) is 0 Å². The van der Waals surface area contributed by atoms with Crippen molar-refractivity contribution in [1.82, 2.24) is 4.90 Å². The van der Waals surface area contributed by atoms with Gasteiger partial charge >= 0.3 is 0 Å². The summed E-state index contributed by atoms with van der Waals surface area (Å²) in [7, 11) is 0. The van der Waals surface area contributed by atoms with Gasteiger partial charge < -0.3 is 4.90 Å². The Morgan fingerprint density at radius 3 is 2.43 bits per heavy atom. The van der Waals surface area contributed by atoms with E-state index in [1.165, 1.54) is 0 Å². The van der Waals surface area contributed by atoms with Gasteiger partial charge in [-0.25, -0.2) is 0 Å². The number of carbonyl (C=O) groups excluding carboxylic acids is 1. The molecule has 1 atom stereocenters. The summed E-state index contributed by atoms with van der Waals surface area (Å²) in [5.74, 6) is 0.883. The molecule has 0 aliphatic carbocycles. The second kappa shape index (κ2) is 3.92. The van der Waals surface area contributed by atoms with Gasteiger partial charge in [0, 0.05) is 19.0 Å². The van der Waals surface area contributed by atoms with E-state index in [9.17, 15) is 4.79 Å². The minimum absolute atomic E-state index is 0.305. The molecule has 1 aliphatic heterocycles. The highest BCUT2D eigenvalue weighted by molar-refractivity contribution is 5.79. The molecule has 1 fully saturated rings. The normalized spacial score (nSPS) is 23.7. The maximum atomic E-state index is 11.7. The van der Waals surface area contributed by atoms with E-state index in [1.54, 1.807) is 0 Å². The minimum atomic E-state index is 0.305. The first-order chi connectivity index (χ1) is 6.38. The maximum Gasteiger partial charge on any atom is 0.223 e. The number of carbonyl (C=O) groups is 1. The van der Waals surface area contributed by atoms with Gasteiger partial charge in [-0.05, 0) is 25.2 Å². The standard InChI is InChI=1S/C12H23NO/c1-6-12(4,5)10-7-11(14)13(8-10)9(2)3/h9-10H,6-8H2,1-5H3. The van der Waals surface area contributed by atoms with E-state index in [-0.39, 0.29) is 0 Å². The third-order valence-electron chi connectivity index (χ3n) is 3.80. The Morgan fingerprint density at radius 1 is 1.50 bits per heavy atom. The van der Waals surface area contributed by atoms with Crippen molar-refractivity contribution in [3.8, 4) is 0 Å². The van der Waals surface area contributed by atoms with Gasteiger partial charge in [0.05, 0.1) is 0 Å². The van der Waals surface area contributed by atoms with Gasteiger partial charge in [0.15, 0.2) is 0 Å². The Morgan fingerprint density at radius 2 is 2.07 bits per heavy atom. The highest BCUT2D eigenvalue weighted by Crippen LogP contribution is 2.37. The highest BCUT2D eigenvalue weighted by atomic mass is 16.2. The second-order valence-electron chi connectivity index (χ2n) is 5.38. The van der Waals surface area contributed by atoms with Crippen LogP contribution < -0.4 is 0 Å². The molecule has 1 saturated heterocycles. The van der Waals surface area contributed by atoms with Crippen LogP contribution in [0.2, 0.25) is 0 Å². The molecule has 0 spiro atoms. The van der Waals surface area contributed by atoms with Gasteiger partial charge in [0.1, 0.15) is 0 Å². The molecule has 0 saturated carbocycles. The van der Waals surface area contributed by atoms with E-state index in [1.807, 2.05) is 4.90 Å². The van der Waals surface area contributed by atoms with Crippen LogP contribution in [-0.4, -0.2) is 23.4 Å². The molecule has 1 heterocycles. The molecular weight excluding hydrogens is 174 g/mol. The van der Waals surface area contributed by atoms with Crippen molar-refractivity contribution in [1.29, 1.82) is 0 Å². The summed E-state index contributed by atoms with van der Waals surface area (Å²) in [6, 6.07) is 0.361. The Labute approximate surface area is 87.7 Å². The SMILES string of the molecule is CCC(C)(C)C1CC(=O)N(C(C)C)C1. The molecule has 0 aromatic rings. The van der Waals surface area contributed by atoms with Crippen molar-refractivity contribution in [2.75, 3.05) is 6.54 Å². The van der Waals surface area contributed by atoms with Gasteiger partial charge in [0.2, 0.25) is 5.91 Å². The van der Waals surface area contributed by atoms with E-state index in [0.29, 0.717) is 23.3 Å². The van der Waals surface area contributed by atoms with Gasteiger partial charge in [-0.15, -0.1) is 0 Å². The Bertz CT molecular complexity index is 220.